The molecule has 0 radical (unpaired) electrons. The second-order valence-corrected chi connectivity index (χ2v) is 7.27. The highest BCUT2D eigenvalue weighted by Crippen LogP contribution is 2.26. The molecule has 0 bridgehead atoms. The number of oxazole rings is 1. The molecule has 152 valence electrons. The molecular weight excluding hydrogens is 376 g/mol. The molecule has 2 aromatic heterocycles. The third kappa shape index (κ3) is 4.74. The molecule has 5 heteroatoms. The summed E-state index contributed by atoms with van der Waals surface area (Å²) in [5.74, 6) is 0.840. The van der Waals surface area contributed by atoms with Gasteiger partial charge in [0.15, 0.2) is 11.2 Å². The first-order chi connectivity index (χ1) is 14.7. The Morgan fingerprint density at radius 2 is 1.83 bits per heavy atom. The highest BCUT2D eigenvalue weighted by atomic mass is 16.5. The second-order valence-electron chi connectivity index (χ2n) is 7.27. The van der Waals surface area contributed by atoms with Gasteiger partial charge < -0.3 is 9.15 Å². The van der Waals surface area contributed by atoms with Gasteiger partial charge in [-0.25, -0.2) is 4.98 Å². The number of carbonyl (C=O) groups excluding carboxylic acids is 1. The van der Waals surface area contributed by atoms with Crippen LogP contribution in [0.3, 0.4) is 0 Å². The van der Waals surface area contributed by atoms with E-state index in [1.807, 2.05) is 36.4 Å². The Balaban J connectivity index is 1.36. The molecule has 0 unspecified atom stereocenters. The topological polar surface area (TPSA) is 65.2 Å². The summed E-state index contributed by atoms with van der Waals surface area (Å²) < 4.78 is 11.0. The Labute approximate surface area is 175 Å². The highest BCUT2D eigenvalue weighted by molar-refractivity contribution is 5.93. The van der Waals surface area contributed by atoms with Crippen LogP contribution in [0.5, 0.6) is 5.75 Å². The van der Waals surface area contributed by atoms with Crippen molar-refractivity contribution in [3.63, 3.8) is 0 Å². The van der Waals surface area contributed by atoms with Crippen molar-refractivity contribution in [3.05, 3.63) is 78.3 Å². The number of rotatable bonds is 9. The number of Topliss-reactive ketones (excluding diaryl/α,β-unsaturated/α-hetero) is 1. The summed E-state index contributed by atoms with van der Waals surface area (Å²) in [6, 6.07) is 20.0. The summed E-state index contributed by atoms with van der Waals surface area (Å²) in [4.78, 5) is 21.1. The number of aryl methyl sites for hydroxylation is 1. The molecule has 30 heavy (non-hydrogen) atoms. The predicted octanol–water partition coefficient (Wildman–Crippen LogP) is 5.88. The normalized spacial score (nSPS) is 11.0. The number of nitrogens with zero attached hydrogens (tertiary/aromatic N) is 2. The van der Waals surface area contributed by atoms with E-state index in [0.717, 1.165) is 42.6 Å². The van der Waals surface area contributed by atoms with Crippen LogP contribution in [0.1, 0.15) is 41.9 Å². The van der Waals surface area contributed by atoms with Crippen LogP contribution in [0.2, 0.25) is 0 Å². The lowest BCUT2D eigenvalue weighted by atomic mass is 10.1. The van der Waals surface area contributed by atoms with Gasteiger partial charge in [-0.3, -0.25) is 4.79 Å². The first kappa shape index (κ1) is 19.8. The number of aromatic nitrogens is 2. The molecule has 4 aromatic rings. The predicted molar refractivity (Wildman–Crippen MR) is 117 cm³/mol. The fourth-order valence-electron chi connectivity index (χ4n) is 3.44. The van der Waals surface area contributed by atoms with Gasteiger partial charge in [-0.1, -0.05) is 48.9 Å². The number of benzene rings is 2. The van der Waals surface area contributed by atoms with Crippen LogP contribution in [0.15, 0.2) is 71.3 Å². The van der Waals surface area contributed by atoms with Crippen LogP contribution in [-0.2, 0) is 6.42 Å². The minimum Gasteiger partial charge on any atom is -0.497 e. The Morgan fingerprint density at radius 3 is 2.67 bits per heavy atom. The molecule has 0 spiro atoms. The van der Waals surface area contributed by atoms with Crippen molar-refractivity contribution in [3.8, 4) is 16.9 Å². The number of fused-ring (bicyclic) bond motifs is 1. The van der Waals surface area contributed by atoms with E-state index in [1.54, 1.807) is 13.3 Å². The van der Waals surface area contributed by atoms with E-state index in [9.17, 15) is 4.79 Å². The van der Waals surface area contributed by atoms with E-state index in [1.165, 1.54) is 5.56 Å². The van der Waals surface area contributed by atoms with Crippen LogP contribution >= 0.6 is 0 Å². The lowest BCUT2D eigenvalue weighted by Gasteiger charge is -2.03. The van der Waals surface area contributed by atoms with Gasteiger partial charge in [-0.2, -0.15) is 4.98 Å². The number of pyridine rings is 1. The first-order valence-corrected chi connectivity index (χ1v) is 10.2. The van der Waals surface area contributed by atoms with Crippen molar-refractivity contribution in [1.82, 2.24) is 9.97 Å². The Kier molecular flexibility index (Phi) is 6.18. The third-order valence-corrected chi connectivity index (χ3v) is 5.10. The van der Waals surface area contributed by atoms with Crippen molar-refractivity contribution in [2.24, 2.45) is 0 Å². The zero-order valence-electron chi connectivity index (χ0n) is 17.0. The van der Waals surface area contributed by atoms with Crippen molar-refractivity contribution in [2.45, 2.75) is 32.1 Å². The number of methoxy groups -OCH3 is 1. The van der Waals surface area contributed by atoms with Crippen molar-refractivity contribution < 1.29 is 13.9 Å². The number of carbonyl (C=O) groups is 1. The minimum absolute atomic E-state index is 0.0735. The van der Waals surface area contributed by atoms with Crippen molar-refractivity contribution >= 4 is 17.0 Å². The maximum absolute atomic E-state index is 12.5. The minimum atomic E-state index is -0.0735. The van der Waals surface area contributed by atoms with Gasteiger partial charge in [0.05, 0.1) is 7.11 Å². The summed E-state index contributed by atoms with van der Waals surface area (Å²) in [5.41, 5.74) is 4.15. The zero-order chi connectivity index (χ0) is 20.8. The summed E-state index contributed by atoms with van der Waals surface area (Å²) in [6.07, 6.45) is 6.10. The molecule has 0 fully saturated rings. The van der Waals surface area contributed by atoms with E-state index in [0.29, 0.717) is 17.7 Å². The van der Waals surface area contributed by atoms with E-state index in [-0.39, 0.29) is 11.7 Å². The first-order valence-electron chi connectivity index (χ1n) is 10.2. The SMILES string of the molecule is COc1cccc(-c2cnc3nc(C(=O)CCCCCc4ccccc4)oc3c2)c1. The van der Waals surface area contributed by atoms with Crippen LogP contribution in [0, 0.1) is 0 Å². The van der Waals surface area contributed by atoms with Gasteiger partial charge >= 0.3 is 0 Å². The molecule has 0 N–H and O–H groups in total. The smallest absolute Gasteiger partial charge is 0.265 e. The van der Waals surface area contributed by atoms with Crippen LogP contribution in [0.4, 0.5) is 0 Å². The monoisotopic (exact) mass is 400 g/mol. The van der Waals surface area contributed by atoms with E-state index < -0.39 is 0 Å². The third-order valence-electron chi connectivity index (χ3n) is 5.10. The number of hydrogen-bond donors (Lipinski definition) is 0. The molecule has 0 aliphatic rings. The fraction of sp³-hybridized carbons (Fsp3) is 0.240. The second kappa shape index (κ2) is 9.35. The van der Waals surface area contributed by atoms with E-state index >= 15 is 0 Å². The summed E-state index contributed by atoms with van der Waals surface area (Å²) in [7, 11) is 1.64. The molecule has 0 atom stereocenters. The Hall–Kier alpha value is -3.47. The van der Waals surface area contributed by atoms with E-state index in [4.69, 9.17) is 9.15 Å². The molecule has 0 saturated heterocycles. The molecule has 4 rings (SSSR count). The number of unbranched alkanes of at least 4 members (excludes halogenated alkanes) is 2. The van der Waals surface area contributed by atoms with Crippen LogP contribution in [0.25, 0.3) is 22.4 Å². The lowest BCUT2D eigenvalue weighted by molar-refractivity contribution is 0.0947. The van der Waals surface area contributed by atoms with Gasteiger partial charge in [-0.15, -0.1) is 0 Å². The summed E-state index contributed by atoms with van der Waals surface area (Å²) in [6.45, 7) is 0. The highest BCUT2D eigenvalue weighted by Gasteiger charge is 2.15. The number of ether oxygens (including phenoxy) is 1. The average Bonchev–Trinajstić information content (AvgIpc) is 3.23. The van der Waals surface area contributed by atoms with Crippen LogP contribution in [-0.4, -0.2) is 22.9 Å². The van der Waals surface area contributed by atoms with Gasteiger partial charge in [0.25, 0.3) is 5.89 Å². The molecule has 0 aliphatic heterocycles. The molecule has 2 aromatic carbocycles. The van der Waals surface area contributed by atoms with Crippen LogP contribution < -0.4 is 4.74 Å². The standard InChI is InChI=1S/C25H24N2O3/c1-29-21-13-8-12-19(15-21)20-16-23-24(26-17-20)27-25(30-23)22(28)14-7-3-6-11-18-9-4-2-5-10-18/h2,4-5,8-10,12-13,15-17H,3,6-7,11,14H2,1H3. The molecule has 2 heterocycles. The fourth-order valence-corrected chi connectivity index (χ4v) is 3.44. The summed E-state index contributed by atoms with van der Waals surface area (Å²) in [5, 5.41) is 0. The average molecular weight is 400 g/mol. The molecule has 0 amide bonds. The molecular formula is C25H24N2O3. The molecule has 5 nitrogen and oxygen atoms in total. The quantitative estimate of drug-likeness (QED) is 0.259. The van der Waals surface area contributed by atoms with Crippen molar-refractivity contribution in [1.29, 1.82) is 0 Å². The maximum Gasteiger partial charge on any atom is 0.265 e. The van der Waals surface area contributed by atoms with Crippen molar-refractivity contribution in [2.75, 3.05) is 7.11 Å². The Bertz CT molecular complexity index is 1140. The van der Waals surface area contributed by atoms with Gasteiger partial charge in [0.2, 0.25) is 5.78 Å². The lowest BCUT2D eigenvalue weighted by Crippen LogP contribution is -1.99. The van der Waals surface area contributed by atoms with E-state index in [2.05, 4.69) is 34.2 Å². The zero-order valence-corrected chi connectivity index (χ0v) is 17.0. The maximum atomic E-state index is 12.5. The number of hydrogen-bond acceptors (Lipinski definition) is 5. The van der Waals surface area contributed by atoms with Gasteiger partial charge in [-0.05, 0) is 48.6 Å². The summed E-state index contributed by atoms with van der Waals surface area (Å²) >= 11 is 0. The Morgan fingerprint density at radius 1 is 0.967 bits per heavy atom. The molecule has 0 aliphatic carbocycles. The van der Waals surface area contributed by atoms with Gasteiger partial charge in [0.1, 0.15) is 5.75 Å². The van der Waals surface area contributed by atoms with Gasteiger partial charge in [0, 0.05) is 18.2 Å². The largest absolute Gasteiger partial charge is 0.497 e. The number of ketones is 1. The molecule has 0 saturated carbocycles.